The maximum atomic E-state index is 12.1. The second-order valence-electron chi connectivity index (χ2n) is 5.64. The molecule has 1 aliphatic heterocycles. The topological polar surface area (TPSA) is 105 Å². The van der Waals surface area contributed by atoms with E-state index in [9.17, 15) is 14.4 Å². The third-order valence-electron chi connectivity index (χ3n) is 4.15. The first kappa shape index (κ1) is 19.7. The van der Waals surface area contributed by atoms with Crippen LogP contribution in [0.1, 0.15) is 40.5 Å². The summed E-state index contributed by atoms with van der Waals surface area (Å²) in [6.07, 6.45) is 1.42. The Balaban J connectivity index is 0.00000400. The standard InChI is InChI=1S/C13H24N4O3.ClH/c1-5-13(6-2,8-14)16-9(18)7-17-11(20)15-10(19)12(17,3)4;/h5-8,14H2,1-4H3,(H,16,18)(H,15,19,20);1H. The molecule has 0 saturated carbocycles. The van der Waals surface area contributed by atoms with Gasteiger partial charge in [-0.3, -0.25) is 14.9 Å². The molecule has 7 nitrogen and oxygen atoms in total. The molecule has 1 rings (SSSR count). The quantitative estimate of drug-likeness (QED) is 0.615. The van der Waals surface area contributed by atoms with Gasteiger partial charge in [-0.1, -0.05) is 13.8 Å². The van der Waals surface area contributed by atoms with Gasteiger partial charge in [0.2, 0.25) is 5.91 Å². The maximum absolute atomic E-state index is 12.1. The lowest BCUT2D eigenvalue weighted by Gasteiger charge is -2.33. The van der Waals surface area contributed by atoms with Crippen LogP contribution >= 0.6 is 12.4 Å². The largest absolute Gasteiger partial charge is 0.348 e. The molecule has 1 fully saturated rings. The summed E-state index contributed by atoms with van der Waals surface area (Å²) in [7, 11) is 0. The molecule has 0 atom stereocenters. The molecular weight excluding hydrogens is 296 g/mol. The van der Waals surface area contributed by atoms with Crippen molar-refractivity contribution in [2.24, 2.45) is 5.73 Å². The fraction of sp³-hybridized carbons (Fsp3) is 0.769. The fourth-order valence-electron chi connectivity index (χ4n) is 2.21. The Morgan fingerprint density at radius 2 is 1.86 bits per heavy atom. The highest BCUT2D eigenvalue weighted by atomic mass is 35.5. The average molecular weight is 321 g/mol. The van der Waals surface area contributed by atoms with Crippen LogP contribution in [0, 0.1) is 0 Å². The predicted octanol–water partition coefficient (Wildman–Crippen LogP) is 0.372. The van der Waals surface area contributed by atoms with Gasteiger partial charge in [0.1, 0.15) is 12.1 Å². The first-order valence-corrected chi connectivity index (χ1v) is 6.86. The van der Waals surface area contributed by atoms with Crippen LogP contribution in [0.3, 0.4) is 0 Å². The van der Waals surface area contributed by atoms with Gasteiger partial charge in [0, 0.05) is 6.54 Å². The van der Waals surface area contributed by atoms with Crippen LogP contribution in [-0.4, -0.2) is 46.9 Å². The lowest BCUT2D eigenvalue weighted by atomic mass is 9.93. The van der Waals surface area contributed by atoms with Gasteiger partial charge in [-0.25, -0.2) is 4.79 Å². The first-order valence-electron chi connectivity index (χ1n) is 6.86. The van der Waals surface area contributed by atoms with Crippen molar-refractivity contribution in [2.75, 3.05) is 13.1 Å². The molecule has 0 aromatic carbocycles. The van der Waals surface area contributed by atoms with Crippen molar-refractivity contribution in [3.8, 4) is 0 Å². The molecule has 1 saturated heterocycles. The van der Waals surface area contributed by atoms with Crippen molar-refractivity contribution in [3.05, 3.63) is 0 Å². The Kier molecular flexibility index (Phi) is 6.63. The molecule has 0 aromatic rings. The zero-order valence-corrected chi connectivity index (χ0v) is 13.8. The highest BCUT2D eigenvalue weighted by molar-refractivity contribution is 6.07. The molecule has 0 spiro atoms. The van der Waals surface area contributed by atoms with Gasteiger partial charge in [-0.2, -0.15) is 0 Å². The van der Waals surface area contributed by atoms with Crippen molar-refractivity contribution in [1.82, 2.24) is 15.5 Å². The number of amides is 4. The van der Waals surface area contributed by atoms with Crippen LogP contribution in [0.25, 0.3) is 0 Å². The van der Waals surface area contributed by atoms with Crippen LogP contribution in [0.2, 0.25) is 0 Å². The van der Waals surface area contributed by atoms with Crippen LogP contribution in [0.15, 0.2) is 0 Å². The number of imide groups is 1. The third kappa shape index (κ3) is 3.85. The lowest BCUT2D eigenvalue weighted by Crippen LogP contribution is -2.57. The van der Waals surface area contributed by atoms with E-state index in [1.807, 2.05) is 13.8 Å². The molecule has 0 aliphatic carbocycles. The average Bonchev–Trinajstić information content (AvgIpc) is 2.59. The SMILES string of the molecule is CCC(CC)(CN)NC(=O)CN1C(=O)NC(=O)C1(C)C.Cl. The minimum Gasteiger partial charge on any atom is -0.348 e. The second-order valence-corrected chi connectivity index (χ2v) is 5.64. The molecule has 1 heterocycles. The number of nitrogens with two attached hydrogens (primary N) is 1. The summed E-state index contributed by atoms with van der Waals surface area (Å²) < 4.78 is 0. The normalized spacial score (nSPS) is 17.3. The van der Waals surface area contributed by atoms with Gasteiger partial charge in [-0.05, 0) is 26.7 Å². The van der Waals surface area contributed by atoms with Crippen molar-refractivity contribution in [2.45, 2.75) is 51.6 Å². The van der Waals surface area contributed by atoms with E-state index in [4.69, 9.17) is 5.73 Å². The van der Waals surface area contributed by atoms with Gasteiger partial charge in [0.15, 0.2) is 0 Å². The number of hydrogen-bond donors (Lipinski definition) is 3. The Hall–Kier alpha value is -1.34. The molecular formula is C13H25ClN4O3. The minimum absolute atomic E-state index is 0. The number of halogens is 1. The molecule has 0 aromatic heterocycles. The van der Waals surface area contributed by atoms with E-state index in [0.717, 1.165) is 0 Å². The van der Waals surface area contributed by atoms with Crippen molar-refractivity contribution in [3.63, 3.8) is 0 Å². The molecule has 0 radical (unpaired) electrons. The fourth-order valence-corrected chi connectivity index (χ4v) is 2.21. The monoisotopic (exact) mass is 320 g/mol. The molecule has 4 amide bonds. The maximum Gasteiger partial charge on any atom is 0.325 e. The van der Waals surface area contributed by atoms with Gasteiger partial charge in [0.25, 0.3) is 5.91 Å². The predicted molar refractivity (Wildman–Crippen MR) is 82.1 cm³/mol. The Morgan fingerprint density at radius 3 is 2.19 bits per heavy atom. The van der Waals surface area contributed by atoms with Crippen molar-refractivity contribution < 1.29 is 14.4 Å². The van der Waals surface area contributed by atoms with Gasteiger partial charge < -0.3 is 16.0 Å². The number of carbonyl (C=O) groups is 3. The molecule has 0 unspecified atom stereocenters. The number of nitrogens with one attached hydrogen (secondary N) is 2. The molecule has 1 aliphatic rings. The summed E-state index contributed by atoms with van der Waals surface area (Å²) >= 11 is 0. The summed E-state index contributed by atoms with van der Waals surface area (Å²) in [5.74, 6) is -0.705. The lowest BCUT2D eigenvalue weighted by molar-refractivity contribution is -0.127. The molecule has 8 heteroatoms. The summed E-state index contributed by atoms with van der Waals surface area (Å²) in [6.45, 7) is 7.29. The number of hydrogen-bond acceptors (Lipinski definition) is 4. The number of rotatable bonds is 6. The minimum atomic E-state index is -1.02. The van der Waals surface area contributed by atoms with Gasteiger partial charge >= 0.3 is 6.03 Å². The van der Waals surface area contributed by atoms with Crippen molar-refractivity contribution >= 4 is 30.3 Å². The van der Waals surface area contributed by atoms with E-state index in [2.05, 4.69) is 10.6 Å². The number of urea groups is 1. The van der Waals surface area contributed by atoms with E-state index in [1.165, 1.54) is 4.90 Å². The van der Waals surface area contributed by atoms with Crippen LogP contribution in [0.5, 0.6) is 0 Å². The summed E-state index contributed by atoms with van der Waals surface area (Å²) in [4.78, 5) is 36.7. The van der Waals surface area contributed by atoms with Crippen LogP contribution < -0.4 is 16.4 Å². The van der Waals surface area contributed by atoms with Gasteiger partial charge in [-0.15, -0.1) is 12.4 Å². The Bertz CT molecular complexity index is 413. The van der Waals surface area contributed by atoms with Crippen molar-refractivity contribution in [1.29, 1.82) is 0 Å². The Labute approximate surface area is 131 Å². The Morgan fingerprint density at radius 1 is 1.33 bits per heavy atom. The highest BCUT2D eigenvalue weighted by Crippen LogP contribution is 2.20. The number of nitrogens with zero attached hydrogens (tertiary/aromatic N) is 1. The smallest absolute Gasteiger partial charge is 0.325 e. The summed E-state index contributed by atoms with van der Waals surface area (Å²) in [6, 6.07) is -0.540. The summed E-state index contributed by atoms with van der Waals surface area (Å²) in [5, 5.41) is 5.09. The molecule has 122 valence electrons. The van der Waals surface area contributed by atoms with E-state index in [0.29, 0.717) is 19.4 Å². The van der Waals surface area contributed by atoms with Crippen LogP contribution in [0.4, 0.5) is 4.79 Å². The third-order valence-corrected chi connectivity index (χ3v) is 4.15. The molecule has 0 bridgehead atoms. The first-order chi connectivity index (χ1) is 9.22. The second kappa shape index (κ2) is 7.09. The van der Waals surface area contributed by atoms with E-state index >= 15 is 0 Å². The molecule has 4 N–H and O–H groups in total. The molecule has 21 heavy (non-hydrogen) atoms. The number of carbonyl (C=O) groups excluding carboxylic acids is 3. The summed E-state index contributed by atoms with van der Waals surface area (Å²) in [5.41, 5.74) is 4.25. The van der Waals surface area contributed by atoms with E-state index in [1.54, 1.807) is 13.8 Å². The van der Waals surface area contributed by atoms with E-state index in [-0.39, 0.29) is 24.9 Å². The van der Waals surface area contributed by atoms with E-state index < -0.39 is 23.0 Å². The van der Waals surface area contributed by atoms with Gasteiger partial charge in [0.05, 0.1) is 5.54 Å². The zero-order chi connectivity index (χ0) is 15.6. The van der Waals surface area contributed by atoms with Crippen LogP contribution in [-0.2, 0) is 9.59 Å². The highest BCUT2D eigenvalue weighted by Gasteiger charge is 2.46. The zero-order valence-electron chi connectivity index (χ0n) is 13.0.